The first kappa shape index (κ1) is 20.8. The number of esters is 1. The first-order valence-corrected chi connectivity index (χ1v) is 8.97. The lowest BCUT2D eigenvalue weighted by Crippen LogP contribution is -2.51. The molecule has 1 amide bonds. The highest BCUT2D eigenvalue weighted by molar-refractivity contribution is 5.92. The van der Waals surface area contributed by atoms with Gasteiger partial charge in [-0.1, -0.05) is 0 Å². The SMILES string of the molecule is COC(=O)CC(C)N1CCN(C(=O)/C=C/c2cc(OC)cc(OC)c2)CC1. The molecule has 1 saturated heterocycles. The van der Waals surface area contributed by atoms with Gasteiger partial charge in [-0.05, 0) is 30.7 Å². The number of rotatable bonds is 7. The Morgan fingerprint density at radius 1 is 1.04 bits per heavy atom. The lowest BCUT2D eigenvalue weighted by atomic mass is 10.1. The molecule has 0 bridgehead atoms. The molecule has 0 spiro atoms. The Hall–Kier alpha value is -2.54. The van der Waals surface area contributed by atoms with Crippen molar-refractivity contribution in [3.05, 3.63) is 29.8 Å². The van der Waals surface area contributed by atoms with Crippen LogP contribution >= 0.6 is 0 Å². The van der Waals surface area contributed by atoms with Gasteiger partial charge in [-0.15, -0.1) is 0 Å². The van der Waals surface area contributed by atoms with Crippen molar-refractivity contribution >= 4 is 18.0 Å². The Morgan fingerprint density at radius 3 is 2.15 bits per heavy atom. The lowest BCUT2D eigenvalue weighted by molar-refractivity contribution is -0.142. The second kappa shape index (κ2) is 9.97. The van der Waals surface area contributed by atoms with Gasteiger partial charge in [0.05, 0.1) is 27.8 Å². The largest absolute Gasteiger partial charge is 0.497 e. The number of methoxy groups -OCH3 is 3. The highest BCUT2D eigenvalue weighted by Gasteiger charge is 2.24. The molecule has 0 aliphatic carbocycles. The summed E-state index contributed by atoms with van der Waals surface area (Å²) in [5, 5.41) is 0. The quantitative estimate of drug-likeness (QED) is 0.534. The molecule has 0 aromatic heterocycles. The maximum Gasteiger partial charge on any atom is 0.307 e. The Balaban J connectivity index is 1.91. The summed E-state index contributed by atoms with van der Waals surface area (Å²) in [5.41, 5.74) is 0.838. The van der Waals surface area contributed by atoms with Gasteiger partial charge in [0.15, 0.2) is 0 Å². The molecule has 148 valence electrons. The normalized spacial score (nSPS) is 16.2. The summed E-state index contributed by atoms with van der Waals surface area (Å²) in [7, 11) is 4.58. The van der Waals surface area contributed by atoms with Crippen LogP contribution in [0.5, 0.6) is 11.5 Å². The third-order valence-electron chi connectivity index (χ3n) is 4.73. The van der Waals surface area contributed by atoms with Crippen LogP contribution in [0, 0.1) is 0 Å². The van der Waals surface area contributed by atoms with Crippen LogP contribution in [0.2, 0.25) is 0 Å². The molecule has 2 rings (SSSR count). The summed E-state index contributed by atoms with van der Waals surface area (Å²) < 4.78 is 15.2. The molecule has 0 radical (unpaired) electrons. The molecule has 7 heteroatoms. The molecule has 0 saturated carbocycles. The highest BCUT2D eigenvalue weighted by Crippen LogP contribution is 2.23. The molecular weight excluding hydrogens is 348 g/mol. The Morgan fingerprint density at radius 2 is 1.63 bits per heavy atom. The Kier molecular flexibility index (Phi) is 7.67. The second-order valence-corrected chi connectivity index (χ2v) is 6.47. The molecule has 1 fully saturated rings. The zero-order valence-electron chi connectivity index (χ0n) is 16.4. The van der Waals surface area contributed by atoms with Crippen molar-refractivity contribution in [2.75, 3.05) is 47.5 Å². The third-order valence-corrected chi connectivity index (χ3v) is 4.73. The zero-order valence-corrected chi connectivity index (χ0v) is 16.4. The van der Waals surface area contributed by atoms with Crippen LogP contribution in [0.25, 0.3) is 6.08 Å². The van der Waals surface area contributed by atoms with Crippen LogP contribution in [0.4, 0.5) is 0 Å². The minimum Gasteiger partial charge on any atom is -0.497 e. The fourth-order valence-electron chi connectivity index (χ4n) is 3.04. The molecule has 1 heterocycles. The van der Waals surface area contributed by atoms with Gasteiger partial charge in [0.25, 0.3) is 0 Å². The van der Waals surface area contributed by atoms with Gasteiger partial charge in [0.1, 0.15) is 11.5 Å². The number of piperazine rings is 1. The van der Waals surface area contributed by atoms with Crippen LogP contribution in [0.3, 0.4) is 0 Å². The van der Waals surface area contributed by atoms with Crippen molar-refractivity contribution in [3.8, 4) is 11.5 Å². The first-order chi connectivity index (χ1) is 13.0. The van der Waals surface area contributed by atoms with Crippen molar-refractivity contribution in [1.82, 2.24) is 9.80 Å². The van der Waals surface area contributed by atoms with Crippen LogP contribution in [-0.2, 0) is 14.3 Å². The average Bonchev–Trinajstić information content (AvgIpc) is 2.71. The maximum absolute atomic E-state index is 12.5. The predicted molar refractivity (Wildman–Crippen MR) is 103 cm³/mol. The summed E-state index contributed by atoms with van der Waals surface area (Å²) >= 11 is 0. The molecule has 1 atom stereocenters. The van der Waals surface area contributed by atoms with Crippen molar-refractivity contribution in [2.45, 2.75) is 19.4 Å². The number of amides is 1. The summed E-state index contributed by atoms with van der Waals surface area (Å²) in [5.74, 6) is 1.11. The van der Waals surface area contributed by atoms with Crippen molar-refractivity contribution in [2.24, 2.45) is 0 Å². The summed E-state index contributed by atoms with van der Waals surface area (Å²) in [6, 6.07) is 5.58. The van der Waals surface area contributed by atoms with Crippen molar-refractivity contribution < 1.29 is 23.8 Å². The molecule has 1 aliphatic rings. The molecule has 0 N–H and O–H groups in total. The molecule has 1 unspecified atom stereocenters. The van der Waals surface area contributed by atoms with E-state index in [0.29, 0.717) is 31.0 Å². The van der Waals surface area contributed by atoms with Gasteiger partial charge in [-0.25, -0.2) is 0 Å². The molecule has 27 heavy (non-hydrogen) atoms. The van der Waals surface area contributed by atoms with E-state index in [2.05, 4.69) is 4.90 Å². The topological polar surface area (TPSA) is 68.3 Å². The van der Waals surface area contributed by atoms with Crippen LogP contribution in [0.1, 0.15) is 18.9 Å². The van der Waals surface area contributed by atoms with Gasteiger partial charge in [0, 0.05) is 44.4 Å². The van der Waals surface area contributed by atoms with E-state index in [-0.39, 0.29) is 17.9 Å². The smallest absolute Gasteiger partial charge is 0.307 e. The minimum absolute atomic E-state index is 0.0305. The Bertz CT molecular complexity index is 659. The monoisotopic (exact) mass is 376 g/mol. The molecule has 1 aliphatic heterocycles. The van der Waals surface area contributed by atoms with Crippen LogP contribution < -0.4 is 9.47 Å². The predicted octanol–water partition coefficient (Wildman–Crippen LogP) is 1.81. The van der Waals surface area contributed by atoms with E-state index in [1.54, 1.807) is 32.4 Å². The number of carbonyl (C=O) groups excluding carboxylic acids is 2. The number of hydrogen-bond donors (Lipinski definition) is 0. The van der Waals surface area contributed by atoms with E-state index in [4.69, 9.17) is 14.2 Å². The van der Waals surface area contributed by atoms with E-state index in [1.165, 1.54) is 7.11 Å². The van der Waals surface area contributed by atoms with Gasteiger partial charge >= 0.3 is 5.97 Å². The van der Waals surface area contributed by atoms with Gasteiger partial charge in [0.2, 0.25) is 5.91 Å². The third kappa shape index (κ3) is 5.99. The molecule has 1 aromatic carbocycles. The lowest BCUT2D eigenvalue weighted by Gasteiger charge is -2.37. The van der Waals surface area contributed by atoms with Gasteiger partial charge in [-0.3, -0.25) is 14.5 Å². The first-order valence-electron chi connectivity index (χ1n) is 8.97. The summed E-state index contributed by atoms with van der Waals surface area (Å²) in [6.45, 7) is 4.76. The number of hydrogen-bond acceptors (Lipinski definition) is 6. The molecular formula is C20H28N2O5. The number of benzene rings is 1. The molecule has 1 aromatic rings. The summed E-state index contributed by atoms with van der Waals surface area (Å²) in [6.07, 6.45) is 3.70. The van der Waals surface area contributed by atoms with Crippen LogP contribution in [0.15, 0.2) is 24.3 Å². The number of nitrogens with zero attached hydrogens (tertiary/aromatic N) is 2. The summed E-state index contributed by atoms with van der Waals surface area (Å²) in [4.78, 5) is 27.9. The van der Waals surface area contributed by atoms with E-state index < -0.39 is 0 Å². The fraction of sp³-hybridized carbons (Fsp3) is 0.500. The van der Waals surface area contributed by atoms with Crippen molar-refractivity contribution in [1.29, 1.82) is 0 Å². The van der Waals surface area contributed by atoms with E-state index in [0.717, 1.165) is 18.7 Å². The number of ether oxygens (including phenoxy) is 3. The van der Waals surface area contributed by atoms with Crippen LogP contribution in [-0.4, -0.2) is 75.2 Å². The van der Waals surface area contributed by atoms with E-state index >= 15 is 0 Å². The minimum atomic E-state index is -0.211. The van der Waals surface area contributed by atoms with Gasteiger partial charge in [-0.2, -0.15) is 0 Å². The van der Waals surface area contributed by atoms with E-state index in [9.17, 15) is 9.59 Å². The maximum atomic E-state index is 12.5. The van der Waals surface area contributed by atoms with Crippen molar-refractivity contribution in [3.63, 3.8) is 0 Å². The highest BCUT2D eigenvalue weighted by atomic mass is 16.5. The standard InChI is InChI=1S/C20H28N2O5/c1-15(11-20(24)27-4)21-7-9-22(10-8-21)19(23)6-5-16-12-17(25-2)14-18(13-16)26-3/h5-6,12-15H,7-11H2,1-4H3/b6-5+. The zero-order chi connectivity index (χ0) is 19.8. The fourth-order valence-corrected chi connectivity index (χ4v) is 3.04. The Labute approximate surface area is 160 Å². The van der Waals surface area contributed by atoms with Gasteiger partial charge < -0.3 is 19.1 Å². The van der Waals surface area contributed by atoms with E-state index in [1.807, 2.05) is 24.0 Å². The number of carbonyl (C=O) groups is 2. The average molecular weight is 376 g/mol. The second-order valence-electron chi connectivity index (χ2n) is 6.47. The molecule has 7 nitrogen and oxygen atoms in total.